The van der Waals surface area contributed by atoms with Crippen LogP contribution in [0, 0.1) is 0 Å². The van der Waals surface area contributed by atoms with Crippen LogP contribution in [0.2, 0.25) is 0 Å². The van der Waals surface area contributed by atoms with Crippen LogP contribution in [-0.2, 0) is 6.42 Å². The Kier molecular flexibility index (Phi) is 2.90. The van der Waals surface area contributed by atoms with Crippen molar-refractivity contribution in [1.82, 2.24) is 4.98 Å². The summed E-state index contributed by atoms with van der Waals surface area (Å²) in [6.45, 7) is 5.14. The lowest BCUT2D eigenvalue weighted by molar-refractivity contribution is 1.10. The monoisotopic (exact) mass is 150 g/mol. The van der Waals surface area contributed by atoms with E-state index in [1.165, 1.54) is 5.56 Å². The van der Waals surface area contributed by atoms with Crippen LogP contribution < -0.4 is 5.32 Å². The quantitative estimate of drug-likeness (QED) is 0.713. The fourth-order valence-corrected chi connectivity index (χ4v) is 0.972. The molecule has 0 aliphatic carbocycles. The van der Waals surface area contributed by atoms with Gasteiger partial charge in [0.1, 0.15) is 5.82 Å². The Morgan fingerprint density at radius 3 is 2.91 bits per heavy atom. The van der Waals surface area contributed by atoms with E-state index in [1.807, 2.05) is 12.3 Å². The molecule has 1 rings (SSSR count). The van der Waals surface area contributed by atoms with Gasteiger partial charge in [0.25, 0.3) is 0 Å². The number of anilines is 1. The zero-order valence-electron chi connectivity index (χ0n) is 7.09. The number of rotatable bonds is 3. The number of aryl methyl sites for hydroxylation is 1. The standard InChI is InChI=1S/C9H14N2/c1-3-8-5-6-11-9(7-8)10-4-2/h5-7H,3-4H2,1-2H3,(H,10,11). The molecule has 0 radical (unpaired) electrons. The second-order valence-electron chi connectivity index (χ2n) is 2.43. The third-order valence-corrected chi connectivity index (χ3v) is 1.59. The molecule has 0 spiro atoms. The second kappa shape index (κ2) is 3.96. The van der Waals surface area contributed by atoms with Crippen molar-refractivity contribution < 1.29 is 0 Å². The molecule has 0 fully saturated rings. The van der Waals surface area contributed by atoms with Crippen LogP contribution in [-0.4, -0.2) is 11.5 Å². The summed E-state index contributed by atoms with van der Waals surface area (Å²) in [4.78, 5) is 4.17. The first-order valence-corrected chi connectivity index (χ1v) is 4.05. The number of nitrogens with one attached hydrogen (secondary N) is 1. The van der Waals surface area contributed by atoms with Gasteiger partial charge in [0.05, 0.1) is 0 Å². The molecule has 0 unspecified atom stereocenters. The minimum atomic E-state index is 0.931. The first kappa shape index (κ1) is 8.05. The summed E-state index contributed by atoms with van der Waals surface area (Å²) in [6, 6.07) is 4.13. The topological polar surface area (TPSA) is 24.9 Å². The lowest BCUT2D eigenvalue weighted by Gasteiger charge is -2.02. The Morgan fingerprint density at radius 2 is 2.27 bits per heavy atom. The van der Waals surface area contributed by atoms with E-state index in [0.717, 1.165) is 18.8 Å². The predicted molar refractivity (Wildman–Crippen MR) is 47.8 cm³/mol. The molecular formula is C9H14N2. The van der Waals surface area contributed by atoms with Gasteiger partial charge >= 0.3 is 0 Å². The number of nitrogens with zero attached hydrogens (tertiary/aromatic N) is 1. The van der Waals surface area contributed by atoms with Crippen LogP contribution in [0.25, 0.3) is 0 Å². The summed E-state index contributed by atoms with van der Waals surface area (Å²) in [6.07, 6.45) is 2.91. The van der Waals surface area contributed by atoms with Gasteiger partial charge in [0.2, 0.25) is 0 Å². The Balaban J connectivity index is 2.74. The highest BCUT2D eigenvalue weighted by Gasteiger charge is 1.91. The molecule has 0 atom stereocenters. The molecule has 0 bridgehead atoms. The molecule has 0 aromatic carbocycles. The van der Waals surface area contributed by atoms with E-state index in [4.69, 9.17) is 0 Å². The van der Waals surface area contributed by atoms with Crippen molar-refractivity contribution in [3.8, 4) is 0 Å². The fourth-order valence-electron chi connectivity index (χ4n) is 0.972. The predicted octanol–water partition coefficient (Wildman–Crippen LogP) is 2.08. The maximum Gasteiger partial charge on any atom is 0.126 e. The molecule has 0 aliphatic rings. The number of aromatic nitrogens is 1. The summed E-state index contributed by atoms with van der Waals surface area (Å²) in [5.41, 5.74) is 1.33. The zero-order chi connectivity index (χ0) is 8.10. The van der Waals surface area contributed by atoms with Gasteiger partial charge in [-0.05, 0) is 31.0 Å². The molecule has 1 aromatic rings. The van der Waals surface area contributed by atoms with Crippen molar-refractivity contribution in [2.24, 2.45) is 0 Å². The molecule has 60 valence electrons. The molecule has 2 nitrogen and oxygen atoms in total. The van der Waals surface area contributed by atoms with Gasteiger partial charge in [-0.15, -0.1) is 0 Å². The summed E-state index contributed by atoms with van der Waals surface area (Å²) in [5, 5.41) is 3.17. The third-order valence-electron chi connectivity index (χ3n) is 1.59. The SMILES string of the molecule is CCNc1cc(CC)ccn1. The van der Waals surface area contributed by atoms with Crippen molar-refractivity contribution in [1.29, 1.82) is 0 Å². The van der Waals surface area contributed by atoms with Crippen LogP contribution >= 0.6 is 0 Å². The van der Waals surface area contributed by atoms with Crippen LogP contribution in [0.4, 0.5) is 5.82 Å². The average Bonchev–Trinajstić information content (AvgIpc) is 2.06. The molecule has 1 heterocycles. The van der Waals surface area contributed by atoms with Crippen molar-refractivity contribution in [2.45, 2.75) is 20.3 Å². The van der Waals surface area contributed by atoms with E-state index >= 15 is 0 Å². The highest BCUT2D eigenvalue weighted by atomic mass is 15.0. The van der Waals surface area contributed by atoms with Crippen LogP contribution in [0.5, 0.6) is 0 Å². The maximum absolute atomic E-state index is 4.17. The smallest absolute Gasteiger partial charge is 0.126 e. The first-order chi connectivity index (χ1) is 5.36. The third kappa shape index (κ3) is 2.22. The molecule has 0 amide bonds. The van der Waals surface area contributed by atoms with Crippen molar-refractivity contribution in [3.05, 3.63) is 23.9 Å². The van der Waals surface area contributed by atoms with E-state index in [0.29, 0.717) is 0 Å². The van der Waals surface area contributed by atoms with E-state index in [1.54, 1.807) is 0 Å². The molecular weight excluding hydrogens is 136 g/mol. The maximum atomic E-state index is 4.17. The highest BCUT2D eigenvalue weighted by Crippen LogP contribution is 2.06. The lowest BCUT2D eigenvalue weighted by Crippen LogP contribution is -1.99. The summed E-state index contributed by atoms with van der Waals surface area (Å²) in [7, 11) is 0. The van der Waals surface area contributed by atoms with Crippen molar-refractivity contribution in [2.75, 3.05) is 11.9 Å². The number of hydrogen-bond acceptors (Lipinski definition) is 2. The van der Waals surface area contributed by atoms with E-state index in [9.17, 15) is 0 Å². The molecule has 0 saturated heterocycles. The average molecular weight is 150 g/mol. The summed E-state index contributed by atoms with van der Waals surface area (Å²) in [5.74, 6) is 0.979. The van der Waals surface area contributed by atoms with Crippen LogP contribution in [0.15, 0.2) is 18.3 Å². The molecule has 2 heteroatoms. The minimum Gasteiger partial charge on any atom is -0.370 e. The van der Waals surface area contributed by atoms with Crippen LogP contribution in [0.1, 0.15) is 19.4 Å². The summed E-state index contributed by atoms with van der Waals surface area (Å²) < 4.78 is 0. The van der Waals surface area contributed by atoms with Crippen LogP contribution in [0.3, 0.4) is 0 Å². The number of hydrogen-bond donors (Lipinski definition) is 1. The van der Waals surface area contributed by atoms with Gasteiger partial charge in [-0.1, -0.05) is 6.92 Å². The molecule has 11 heavy (non-hydrogen) atoms. The minimum absolute atomic E-state index is 0.931. The fraction of sp³-hybridized carbons (Fsp3) is 0.444. The van der Waals surface area contributed by atoms with Crippen molar-refractivity contribution in [3.63, 3.8) is 0 Å². The zero-order valence-corrected chi connectivity index (χ0v) is 7.09. The molecule has 1 aromatic heterocycles. The van der Waals surface area contributed by atoms with Gasteiger partial charge in [-0.2, -0.15) is 0 Å². The first-order valence-electron chi connectivity index (χ1n) is 4.05. The largest absolute Gasteiger partial charge is 0.370 e. The number of pyridine rings is 1. The van der Waals surface area contributed by atoms with E-state index < -0.39 is 0 Å². The van der Waals surface area contributed by atoms with Gasteiger partial charge in [-0.25, -0.2) is 4.98 Å². The lowest BCUT2D eigenvalue weighted by atomic mass is 10.2. The summed E-state index contributed by atoms with van der Waals surface area (Å²) >= 11 is 0. The Morgan fingerprint density at radius 1 is 1.45 bits per heavy atom. The normalized spacial score (nSPS) is 9.64. The van der Waals surface area contributed by atoms with E-state index in [2.05, 4.69) is 30.2 Å². The van der Waals surface area contributed by atoms with Gasteiger partial charge < -0.3 is 5.32 Å². The van der Waals surface area contributed by atoms with E-state index in [-0.39, 0.29) is 0 Å². The van der Waals surface area contributed by atoms with Crippen molar-refractivity contribution >= 4 is 5.82 Å². The molecule has 0 saturated carbocycles. The molecule has 1 N–H and O–H groups in total. The Labute approximate surface area is 67.7 Å². The van der Waals surface area contributed by atoms with Gasteiger partial charge in [0, 0.05) is 12.7 Å². The van der Waals surface area contributed by atoms with Gasteiger partial charge in [0.15, 0.2) is 0 Å². The highest BCUT2D eigenvalue weighted by molar-refractivity contribution is 5.37. The molecule has 0 aliphatic heterocycles. The van der Waals surface area contributed by atoms with Gasteiger partial charge in [-0.3, -0.25) is 0 Å². The second-order valence-corrected chi connectivity index (χ2v) is 2.43. The Bertz CT molecular complexity index is 221. The Hall–Kier alpha value is -1.05.